The Hall–Kier alpha value is -1.16. The lowest BCUT2D eigenvalue weighted by molar-refractivity contribution is -0.0947. The lowest BCUT2D eigenvalue weighted by Crippen LogP contribution is -2.51. The zero-order valence-electron chi connectivity index (χ0n) is 13.8. The minimum atomic E-state index is 0.0328. The van der Waals surface area contributed by atoms with Crippen molar-refractivity contribution in [2.24, 2.45) is 0 Å². The minimum absolute atomic E-state index is 0.0328. The molecule has 0 bridgehead atoms. The molecule has 1 aromatic carbocycles. The first-order chi connectivity index (χ1) is 10.7. The van der Waals surface area contributed by atoms with Crippen LogP contribution < -0.4 is 0 Å². The van der Waals surface area contributed by atoms with Gasteiger partial charge in [0, 0.05) is 33.4 Å². The Morgan fingerprint density at radius 2 is 2.23 bits per heavy atom. The number of fused-ring (bicyclic) bond motifs is 1. The highest BCUT2D eigenvalue weighted by molar-refractivity contribution is 5.47. The minimum Gasteiger partial charge on any atom is -0.381 e. The lowest BCUT2D eigenvalue weighted by Gasteiger charge is -2.43. The van der Waals surface area contributed by atoms with Crippen molar-refractivity contribution in [1.29, 1.82) is 0 Å². The first kappa shape index (κ1) is 15.7. The van der Waals surface area contributed by atoms with Crippen LogP contribution in [0, 0.1) is 0 Å². The van der Waals surface area contributed by atoms with Crippen molar-refractivity contribution in [1.82, 2.24) is 4.90 Å². The summed E-state index contributed by atoms with van der Waals surface area (Å²) in [5.74, 6) is 0. The summed E-state index contributed by atoms with van der Waals surface area (Å²) in [6.45, 7) is 5.95. The molecule has 0 N–H and O–H groups in total. The summed E-state index contributed by atoms with van der Waals surface area (Å²) in [6.07, 6.45) is 6.70. The Morgan fingerprint density at radius 3 is 2.95 bits per heavy atom. The fourth-order valence-electron chi connectivity index (χ4n) is 4.21. The van der Waals surface area contributed by atoms with Crippen molar-refractivity contribution in [2.75, 3.05) is 20.8 Å². The summed E-state index contributed by atoms with van der Waals surface area (Å²) >= 11 is 0. The van der Waals surface area contributed by atoms with Crippen molar-refractivity contribution >= 4 is 6.08 Å². The van der Waals surface area contributed by atoms with E-state index in [2.05, 4.69) is 35.7 Å². The zero-order valence-corrected chi connectivity index (χ0v) is 13.8. The summed E-state index contributed by atoms with van der Waals surface area (Å²) in [6, 6.07) is 9.11. The number of likely N-dealkylation sites (tertiary alicyclic amines) is 1. The average Bonchev–Trinajstić information content (AvgIpc) is 2.93. The van der Waals surface area contributed by atoms with Crippen LogP contribution in [0.2, 0.25) is 0 Å². The highest BCUT2D eigenvalue weighted by Crippen LogP contribution is 2.43. The zero-order chi connectivity index (χ0) is 15.6. The normalized spacial score (nSPS) is 31.9. The molecule has 22 heavy (non-hydrogen) atoms. The summed E-state index contributed by atoms with van der Waals surface area (Å²) < 4.78 is 11.6. The van der Waals surface area contributed by atoms with Crippen LogP contribution in [-0.2, 0) is 16.0 Å². The van der Waals surface area contributed by atoms with E-state index in [9.17, 15) is 0 Å². The van der Waals surface area contributed by atoms with E-state index in [-0.39, 0.29) is 5.60 Å². The second-order valence-electron chi connectivity index (χ2n) is 6.59. The molecule has 0 amide bonds. The van der Waals surface area contributed by atoms with Crippen LogP contribution in [0.4, 0.5) is 0 Å². The lowest BCUT2D eigenvalue weighted by atomic mass is 9.79. The highest BCUT2D eigenvalue weighted by atomic mass is 16.5. The number of rotatable bonds is 5. The van der Waals surface area contributed by atoms with Gasteiger partial charge in [0.15, 0.2) is 0 Å². The fourth-order valence-corrected chi connectivity index (χ4v) is 4.21. The largest absolute Gasteiger partial charge is 0.381 e. The second kappa shape index (κ2) is 6.53. The molecule has 2 fully saturated rings. The second-order valence-corrected chi connectivity index (χ2v) is 6.59. The summed E-state index contributed by atoms with van der Waals surface area (Å²) in [4.78, 5) is 2.58. The standard InChI is InChI=1S/C19H27NO2/c1-4-15-6-5-7-16(12-15)14-20-11-10-19(22-3)9-8-17(21-2)13-18(19)20/h4-7,12,17-18H,1,8-11,13-14H2,2-3H3/t17-,18-,19+/m0/s1. The van der Waals surface area contributed by atoms with Crippen molar-refractivity contribution in [2.45, 2.75) is 50.0 Å². The van der Waals surface area contributed by atoms with E-state index in [1.807, 2.05) is 20.3 Å². The maximum absolute atomic E-state index is 5.99. The summed E-state index contributed by atoms with van der Waals surface area (Å²) in [5.41, 5.74) is 2.57. The van der Waals surface area contributed by atoms with Crippen LogP contribution >= 0.6 is 0 Å². The molecule has 120 valence electrons. The molecule has 1 aromatic rings. The monoisotopic (exact) mass is 301 g/mol. The smallest absolute Gasteiger partial charge is 0.0847 e. The quantitative estimate of drug-likeness (QED) is 0.831. The van der Waals surface area contributed by atoms with E-state index in [1.165, 1.54) is 11.1 Å². The van der Waals surface area contributed by atoms with Crippen molar-refractivity contribution < 1.29 is 9.47 Å². The van der Waals surface area contributed by atoms with Gasteiger partial charge in [0.2, 0.25) is 0 Å². The van der Waals surface area contributed by atoms with Crippen LogP contribution in [0.5, 0.6) is 0 Å². The summed E-state index contributed by atoms with van der Waals surface area (Å²) in [5, 5.41) is 0. The number of benzene rings is 1. The van der Waals surface area contributed by atoms with Gasteiger partial charge in [0.05, 0.1) is 11.7 Å². The third-order valence-electron chi connectivity index (χ3n) is 5.56. The van der Waals surface area contributed by atoms with Gasteiger partial charge in [-0.05, 0) is 36.8 Å². The molecule has 1 aliphatic heterocycles. The van der Waals surface area contributed by atoms with Crippen LogP contribution in [0.25, 0.3) is 6.08 Å². The molecule has 0 spiro atoms. The Morgan fingerprint density at radius 1 is 1.36 bits per heavy atom. The Labute approximate surface area is 133 Å². The highest BCUT2D eigenvalue weighted by Gasteiger charge is 2.50. The van der Waals surface area contributed by atoms with E-state index < -0.39 is 0 Å². The van der Waals surface area contributed by atoms with Crippen LogP contribution in [0.3, 0.4) is 0 Å². The molecule has 3 nitrogen and oxygen atoms in total. The number of ether oxygens (including phenoxy) is 2. The van der Waals surface area contributed by atoms with Crippen molar-refractivity contribution in [3.63, 3.8) is 0 Å². The van der Waals surface area contributed by atoms with Gasteiger partial charge in [-0.15, -0.1) is 0 Å². The van der Waals surface area contributed by atoms with Gasteiger partial charge in [0.1, 0.15) is 0 Å². The molecule has 1 saturated heterocycles. The Balaban J connectivity index is 1.77. The maximum Gasteiger partial charge on any atom is 0.0847 e. The van der Waals surface area contributed by atoms with E-state index in [4.69, 9.17) is 9.47 Å². The summed E-state index contributed by atoms with van der Waals surface area (Å²) in [7, 11) is 3.71. The molecule has 0 aromatic heterocycles. The first-order valence-electron chi connectivity index (χ1n) is 8.24. The van der Waals surface area contributed by atoms with Gasteiger partial charge in [-0.3, -0.25) is 4.90 Å². The van der Waals surface area contributed by atoms with E-state index in [0.29, 0.717) is 12.1 Å². The first-order valence-corrected chi connectivity index (χ1v) is 8.24. The van der Waals surface area contributed by atoms with Gasteiger partial charge in [-0.2, -0.15) is 0 Å². The average molecular weight is 301 g/mol. The van der Waals surface area contributed by atoms with Gasteiger partial charge >= 0.3 is 0 Å². The molecule has 3 rings (SSSR count). The Kier molecular flexibility index (Phi) is 4.67. The van der Waals surface area contributed by atoms with Gasteiger partial charge in [0.25, 0.3) is 0 Å². The molecule has 1 aliphatic carbocycles. The van der Waals surface area contributed by atoms with Gasteiger partial charge in [-0.25, -0.2) is 0 Å². The molecule has 1 heterocycles. The Bertz CT molecular complexity index is 530. The van der Waals surface area contributed by atoms with Crippen LogP contribution in [0.15, 0.2) is 30.8 Å². The number of methoxy groups -OCH3 is 2. The van der Waals surface area contributed by atoms with Gasteiger partial charge in [-0.1, -0.05) is 36.9 Å². The molecule has 0 radical (unpaired) electrons. The molecule has 1 saturated carbocycles. The maximum atomic E-state index is 5.99. The number of hydrogen-bond donors (Lipinski definition) is 0. The van der Waals surface area contributed by atoms with Crippen molar-refractivity contribution in [3.8, 4) is 0 Å². The topological polar surface area (TPSA) is 21.7 Å². The molecular weight excluding hydrogens is 274 g/mol. The predicted molar refractivity (Wildman–Crippen MR) is 89.7 cm³/mol. The van der Waals surface area contributed by atoms with Gasteiger partial charge < -0.3 is 9.47 Å². The third-order valence-corrected chi connectivity index (χ3v) is 5.56. The van der Waals surface area contributed by atoms with E-state index in [1.54, 1.807) is 0 Å². The van der Waals surface area contributed by atoms with Crippen LogP contribution in [-0.4, -0.2) is 43.4 Å². The predicted octanol–water partition coefficient (Wildman–Crippen LogP) is 3.49. The molecule has 3 atom stereocenters. The number of hydrogen-bond acceptors (Lipinski definition) is 3. The number of nitrogens with zero attached hydrogens (tertiary/aromatic N) is 1. The SMILES string of the molecule is C=Cc1cccc(CN2CC[C@]3(OC)CC[C@H](OC)C[C@H]23)c1. The van der Waals surface area contributed by atoms with E-state index >= 15 is 0 Å². The third kappa shape index (κ3) is 2.85. The molecule has 3 heteroatoms. The van der Waals surface area contributed by atoms with E-state index in [0.717, 1.165) is 38.8 Å². The molecular formula is C19H27NO2. The molecule has 0 unspecified atom stereocenters. The molecule has 2 aliphatic rings. The van der Waals surface area contributed by atoms with Crippen LogP contribution in [0.1, 0.15) is 36.8 Å². The fraction of sp³-hybridized carbons (Fsp3) is 0.579. The van der Waals surface area contributed by atoms with Crippen molar-refractivity contribution in [3.05, 3.63) is 42.0 Å².